The van der Waals surface area contributed by atoms with Crippen molar-refractivity contribution in [2.75, 3.05) is 0 Å². The predicted molar refractivity (Wildman–Crippen MR) is 92.7 cm³/mol. The van der Waals surface area contributed by atoms with E-state index in [2.05, 4.69) is 4.98 Å². The van der Waals surface area contributed by atoms with E-state index in [0.717, 1.165) is 6.07 Å². The number of nitrogens with zero attached hydrogens (tertiary/aromatic N) is 1. The zero-order valence-corrected chi connectivity index (χ0v) is 13.8. The summed E-state index contributed by atoms with van der Waals surface area (Å²) in [5, 5.41) is 9.76. The van der Waals surface area contributed by atoms with Gasteiger partial charge in [0.1, 0.15) is 11.6 Å². The fourth-order valence-corrected chi connectivity index (χ4v) is 2.76. The van der Waals surface area contributed by atoms with Gasteiger partial charge in [0.15, 0.2) is 0 Å². The molecule has 1 heterocycles. The van der Waals surface area contributed by atoms with Crippen LogP contribution < -0.4 is 5.56 Å². The summed E-state index contributed by atoms with van der Waals surface area (Å²) in [5.41, 5.74) is -1.50. The molecule has 0 amide bonds. The summed E-state index contributed by atoms with van der Waals surface area (Å²) in [4.78, 5) is 14.8. The van der Waals surface area contributed by atoms with Crippen molar-refractivity contribution in [2.45, 2.75) is 6.18 Å². The minimum atomic E-state index is -4.62. The van der Waals surface area contributed by atoms with Crippen molar-refractivity contribution in [3.63, 3.8) is 0 Å². The van der Waals surface area contributed by atoms with Crippen LogP contribution in [-0.2, 0) is 6.18 Å². The molecule has 0 fully saturated rings. The van der Waals surface area contributed by atoms with Crippen LogP contribution >= 0.6 is 11.6 Å². The first kappa shape index (κ1) is 17.8. The van der Waals surface area contributed by atoms with Gasteiger partial charge in [-0.25, -0.2) is 0 Å². The number of alkyl halides is 3. The van der Waals surface area contributed by atoms with E-state index in [1.54, 1.807) is 30.3 Å². The maximum Gasteiger partial charge on any atom is 0.417 e. The molecule has 3 nitrogen and oxygen atoms in total. The monoisotopic (exact) mass is 374 g/mol. The molecule has 0 saturated carbocycles. The van der Waals surface area contributed by atoms with Gasteiger partial charge < -0.3 is 4.98 Å². The van der Waals surface area contributed by atoms with E-state index in [0.29, 0.717) is 10.6 Å². The molecule has 2 aromatic carbocycles. The van der Waals surface area contributed by atoms with Crippen molar-refractivity contribution >= 4 is 11.6 Å². The lowest BCUT2D eigenvalue weighted by Gasteiger charge is -2.14. The molecule has 3 rings (SSSR count). The minimum Gasteiger partial charge on any atom is -0.321 e. The maximum atomic E-state index is 13.4. The van der Waals surface area contributed by atoms with Crippen LogP contribution in [0.25, 0.3) is 22.4 Å². The second-order valence-electron chi connectivity index (χ2n) is 5.46. The van der Waals surface area contributed by atoms with Crippen LogP contribution in [0.3, 0.4) is 0 Å². The summed E-state index contributed by atoms with van der Waals surface area (Å²) in [5.74, 6) is 0. The zero-order valence-electron chi connectivity index (χ0n) is 13.1. The maximum absolute atomic E-state index is 13.4. The third-order valence-electron chi connectivity index (χ3n) is 3.82. The molecule has 0 aliphatic heterocycles. The second kappa shape index (κ2) is 6.70. The van der Waals surface area contributed by atoms with Gasteiger partial charge in [0.25, 0.3) is 5.56 Å². The van der Waals surface area contributed by atoms with E-state index < -0.39 is 17.3 Å². The van der Waals surface area contributed by atoms with Crippen molar-refractivity contribution in [1.29, 1.82) is 5.26 Å². The summed E-state index contributed by atoms with van der Waals surface area (Å²) >= 11 is 5.84. The molecular weight excluding hydrogens is 365 g/mol. The second-order valence-corrected chi connectivity index (χ2v) is 5.90. The molecule has 0 aliphatic rings. The Morgan fingerprint density at radius 1 is 1.00 bits per heavy atom. The Morgan fingerprint density at radius 3 is 2.27 bits per heavy atom. The smallest absolute Gasteiger partial charge is 0.321 e. The number of H-pyrrole nitrogens is 1. The molecule has 7 heteroatoms. The van der Waals surface area contributed by atoms with Gasteiger partial charge in [0, 0.05) is 16.3 Å². The number of pyridine rings is 1. The van der Waals surface area contributed by atoms with Gasteiger partial charge in [-0.2, -0.15) is 18.4 Å². The lowest BCUT2D eigenvalue weighted by molar-refractivity contribution is -0.137. The Bertz CT molecular complexity index is 1060. The summed E-state index contributed by atoms with van der Waals surface area (Å²) in [7, 11) is 0. The summed E-state index contributed by atoms with van der Waals surface area (Å²) < 4.78 is 40.1. The molecule has 0 saturated heterocycles. The average molecular weight is 375 g/mol. The van der Waals surface area contributed by atoms with Gasteiger partial charge in [0.05, 0.1) is 5.56 Å². The zero-order chi connectivity index (χ0) is 18.9. The Balaban J connectivity index is 2.30. The van der Waals surface area contributed by atoms with Gasteiger partial charge in [-0.05, 0) is 35.4 Å². The van der Waals surface area contributed by atoms with E-state index >= 15 is 0 Å². The molecule has 0 spiro atoms. The highest BCUT2D eigenvalue weighted by atomic mass is 35.5. The highest BCUT2D eigenvalue weighted by Crippen LogP contribution is 2.38. The van der Waals surface area contributed by atoms with Gasteiger partial charge in [-0.15, -0.1) is 0 Å². The number of aromatic nitrogens is 1. The third kappa shape index (κ3) is 3.35. The first-order valence-corrected chi connectivity index (χ1v) is 7.79. The number of nitriles is 1. The Morgan fingerprint density at radius 2 is 1.65 bits per heavy atom. The first-order chi connectivity index (χ1) is 12.3. The first-order valence-electron chi connectivity index (χ1n) is 7.41. The number of hydrogen-bond donors (Lipinski definition) is 1. The number of halogens is 4. The number of aromatic amines is 1. The van der Waals surface area contributed by atoms with Crippen molar-refractivity contribution in [3.05, 3.63) is 81.1 Å². The van der Waals surface area contributed by atoms with E-state index in [-0.39, 0.29) is 22.4 Å². The quantitative estimate of drug-likeness (QED) is 0.665. The van der Waals surface area contributed by atoms with Crippen molar-refractivity contribution in [2.24, 2.45) is 0 Å². The molecule has 0 bridgehead atoms. The molecule has 1 aromatic heterocycles. The highest BCUT2D eigenvalue weighted by Gasteiger charge is 2.34. The fraction of sp³-hybridized carbons (Fsp3) is 0.0526. The lowest BCUT2D eigenvalue weighted by atomic mass is 9.95. The van der Waals surface area contributed by atoms with Gasteiger partial charge in [0.2, 0.25) is 0 Å². The molecule has 0 aliphatic carbocycles. The van der Waals surface area contributed by atoms with Gasteiger partial charge in [-0.3, -0.25) is 4.79 Å². The summed E-state index contributed by atoms with van der Waals surface area (Å²) in [6.45, 7) is 0. The van der Waals surface area contributed by atoms with Crippen molar-refractivity contribution < 1.29 is 13.2 Å². The van der Waals surface area contributed by atoms with Gasteiger partial charge >= 0.3 is 6.18 Å². The van der Waals surface area contributed by atoms with E-state index in [9.17, 15) is 23.2 Å². The largest absolute Gasteiger partial charge is 0.417 e. The van der Waals surface area contributed by atoms with E-state index in [4.69, 9.17) is 11.6 Å². The SMILES string of the molecule is N#Cc1c(-c2ccccc2C(F)(F)F)cc(-c2ccc(Cl)cc2)[nH]c1=O. The summed E-state index contributed by atoms with van der Waals surface area (Å²) in [6, 6.07) is 14.3. The van der Waals surface area contributed by atoms with E-state index in [1.807, 2.05) is 0 Å². The van der Waals surface area contributed by atoms with Crippen LogP contribution in [0, 0.1) is 11.3 Å². The Labute approximate surface area is 151 Å². The van der Waals surface area contributed by atoms with Crippen molar-refractivity contribution in [3.8, 4) is 28.5 Å². The third-order valence-corrected chi connectivity index (χ3v) is 4.07. The average Bonchev–Trinajstić information content (AvgIpc) is 2.61. The van der Waals surface area contributed by atoms with Crippen LogP contribution in [0.15, 0.2) is 59.4 Å². The number of hydrogen-bond acceptors (Lipinski definition) is 2. The molecule has 0 unspecified atom stereocenters. The molecule has 3 aromatic rings. The van der Waals surface area contributed by atoms with Crippen LogP contribution in [0.5, 0.6) is 0 Å². The standard InChI is InChI=1S/C19H10ClF3N2O/c20-12-7-5-11(6-8-12)17-9-14(15(10-24)18(26)25-17)13-3-1-2-4-16(13)19(21,22)23/h1-9H,(H,25,26). The summed E-state index contributed by atoms with van der Waals surface area (Å²) in [6.07, 6.45) is -4.62. The van der Waals surface area contributed by atoms with Crippen LogP contribution in [0.1, 0.15) is 11.1 Å². The molecule has 26 heavy (non-hydrogen) atoms. The van der Waals surface area contributed by atoms with Crippen LogP contribution in [0.4, 0.5) is 13.2 Å². The van der Waals surface area contributed by atoms with Gasteiger partial charge in [-0.1, -0.05) is 41.9 Å². The Hall–Kier alpha value is -3.04. The predicted octanol–water partition coefficient (Wildman–Crippen LogP) is 5.25. The van der Waals surface area contributed by atoms with E-state index in [1.165, 1.54) is 24.3 Å². The van der Waals surface area contributed by atoms with Crippen LogP contribution in [0.2, 0.25) is 5.02 Å². The molecule has 0 radical (unpaired) electrons. The normalized spacial score (nSPS) is 11.2. The Kier molecular flexibility index (Phi) is 4.58. The molecule has 0 atom stereocenters. The number of rotatable bonds is 2. The molecule has 1 N–H and O–H groups in total. The molecule has 130 valence electrons. The molecular formula is C19H10ClF3N2O. The fourth-order valence-electron chi connectivity index (χ4n) is 2.63. The highest BCUT2D eigenvalue weighted by molar-refractivity contribution is 6.30. The number of nitrogens with one attached hydrogen (secondary N) is 1. The van der Waals surface area contributed by atoms with Crippen LogP contribution in [-0.4, -0.2) is 4.98 Å². The van der Waals surface area contributed by atoms with Crippen molar-refractivity contribution in [1.82, 2.24) is 4.98 Å². The lowest BCUT2D eigenvalue weighted by Crippen LogP contribution is -2.14. The topological polar surface area (TPSA) is 56.6 Å². The minimum absolute atomic E-state index is 0.0749. The number of benzene rings is 2.